The SMILES string of the molecule is C[C@]1(C(=O)NC[C@H]2CCN(c3ccccc3)C2)CC1(Cl)Cl. The summed E-state index contributed by atoms with van der Waals surface area (Å²) < 4.78 is -0.886. The Morgan fingerprint density at radius 1 is 1.38 bits per heavy atom. The monoisotopic (exact) mass is 326 g/mol. The first-order valence-electron chi connectivity index (χ1n) is 7.38. The minimum atomic E-state index is -0.886. The summed E-state index contributed by atoms with van der Waals surface area (Å²) in [5.41, 5.74) is 0.634. The van der Waals surface area contributed by atoms with Gasteiger partial charge in [0, 0.05) is 25.3 Å². The molecule has 0 spiro atoms. The quantitative estimate of drug-likeness (QED) is 0.861. The van der Waals surface area contributed by atoms with Crippen LogP contribution in [0.15, 0.2) is 30.3 Å². The third-order valence-electron chi connectivity index (χ3n) is 4.72. The number of amides is 1. The molecule has 5 heteroatoms. The second-order valence-corrected chi connectivity index (χ2v) is 7.84. The van der Waals surface area contributed by atoms with Crippen LogP contribution in [0, 0.1) is 11.3 Å². The van der Waals surface area contributed by atoms with Crippen molar-refractivity contribution in [1.29, 1.82) is 0 Å². The fourth-order valence-corrected chi connectivity index (χ4v) is 3.66. The molecule has 21 heavy (non-hydrogen) atoms. The lowest BCUT2D eigenvalue weighted by Crippen LogP contribution is -2.37. The van der Waals surface area contributed by atoms with Gasteiger partial charge in [-0.05, 0) is 37.8 Å². The van der Waals surface area contributed by atoms with Crippen molar-refractivity contribution < 1.29 is 4.79 Å². The molecule has 1 aliphatic heterocycles. The van der Waals surface area contributed by atoms with Gasteiger partial charge >= 0.3 is 0 Å². The molecule has 2 aliphatic rings. The van der Waals surface area contributed by atoms with Gasteiger partial charge in [0.2, 0.25) is 5.91 Å². The first-order valence-corrected chi connectivity index (χ1v) is 8.14. The smallest absolute Gasteiger partial charge is 0.229 e. The van der Waals surface area contributed by atoms with Gasteiger partial charge in [-0.15, -0.1) is 23.2 Å². The molecule has 1 saturated carbocycles. The number of carbonyl (C=O) groups is 1. The van der Waals surface area contributed by atoms with Gasteiger partial charge in [-0.3, -0.25) is 4.79 Å². The average Bonchev–Trinajstić information content (AvgIpc) is 2.83. The van der Waals surface area contributed by atoms with Gasteiger partial charge < -0.3 is 10.2 Å². The van der Waals surface area contributed by atoms with Gasteiger partial charge in [0.25, 0.3) is 0 Å². The number of hydrogen-bond acceptors (Lipinski definition) is 2. The lowest BCUT2D eigenvalue weighted by atomic mass is 10.1. The van der Waals surface area contributed by atoms with Crippen molar-refractivity contribution in [3.05, 3.63) is 30.3 Å². The number of benzene rings is 1. The number of halogens is 2. The van der Waals surface area contributed by atoms with Gasteiger partial charge in [-0.1, -0.05) is 18.2 Å². The zero-order valence-electron chi connectivity index (χ0n) is 12.1. The third-order valence-corrected chi connectivity index (χ3v) is 5.82. The van der Waals surface area contributed by atoms with Gasteiger partial charge in [-0.2, -0.15) is 0 Å². The van der Waals surface area contributed by atoms with Crippen molar-refractivity contribution >= 4 is 34.8 Å². The van der Waals surface area contributed by atoms with Crippen molar-refractivity contribution in [3.63, 3.8) is 0 Å². The molecule has 1 amide bonds. The number of rotatable bonds is 4. The van der Waals surface area contributed by atoms with E-state index in [4.69, 9.17) is 23.2 Å². The van der Waals surface area contributed by atoms with E-state index < -0.39 is 9.75 Å². The van der Waals surface area contributed by atoms with E-state index in [1.165, 1.54) is 5.69 Å². The summed E-state index contributed by atoms with van der Waals surface area (Å²) in [5, 5.41) is 3.02. The minimum Gasteiger partial charge on any atom is -0.371 e. The van der Waals surface area contributed by atoms with E-state index in [0.29, 0.717) is 18.9 Å². The van der Waals surface area contributed by atoms with Crippen molar-refractivity contribution in [2.75, 3.05) is 24.5 Å². The number of hydrogen-bond donors (Lipinski definition) is 1. The summed E-state index contributed by atoms with van der Waals surface area (Å²) in [7, 11) is 0. The lowest BCUT2D eigenvalue weighted by Gasteiger charge is -2.19. The Bertz CT molecular complexity index is 534. The molecule has 1 aromatic rings. The zero-order valence-corrected chi connectivity index (χ0v) is 13.6. The van der Waals surface area contributed by atoms with E-state index in [2.05, 4.69) is 34.5 Å². The molecule has 0 bridgehead atoms. The molecule has 1 aromatic carbocycles. The topological polar surface area (TPSA) is 32.3 Å². The highest BCUT2D eigenvalue weighted by Gasteiger charge is 2.67. The molecule has 1 N–H and O–H groups in total. The highest BCUT2D eigenvalue weighted by atomic mass is 35.5. The molecule has 114 valence electrons. The lowest BCUT2D eigenvalue weighted by molar-refractivity contribution is -0.125. The summed E-state index contributed by atoms with van der Waals surface area (Å²) in [6.07, 6.45) is 1.63. The summed E-state index contributed by atoms with van der Waals surface area (Å²) in [6.45, 7) is 4.54. The highest BCUT2D eigenvalue weighted by Crippen LogP contribution is 2.63. The molecule has 2 fully saturated rings. The Hall–Kier alpha value is -0.930. The molecule has 3 nitrogen and oxygen atoms in total. The summed E-state index contributed by atoms with van der Waals surface area (Å²) >= 11 is 12.1. The maximum absolute atomic E-state index is 12.2. The summed E-state index contributed by atoms with van der Waals surface area (Å²) in [5.74, 6) is 0.460. The van der Waals surface area contributed by atoms with Gasteiger partial charge in [0.15, 0.2) is 0 Å². The normalized spacial score (nSPS) is 30.2. The molecule has 1 saturated heterocycles. The number of carbonyl (C=O) groups excluding carboxylic acids is 1. The predicted molar refractivity (Wildman–Crippen MR) is 86.9 cm³/mol. The molecular weight excluding hydrogens is 307 g/mol. The van der Waals surface area contributed by atoms with Crippen molar-refractivity contribution in [1.82, 2.24) is 5.32 Å². The van der Waals surface area contributed by atoms with Gasteiger partial charge in [-0.25, -0.2) is 0 Å². The van der Waals surface area contributed by atoms with E-state index in [9.17, 15) is 4.79 Å². The largest absolute Gasteiger partial charge is 0.371 e. The Morgan fingerprint density at radius 2 is 2.05 bits per heavy atom. The van der Waals surface area contributed by atoms with Crippen LogP contribution in [0.2, 0.25) is 0 Å². The fourth-order valence-electron chi connectivity index (χ4n) is 2.95. The summed E-state index contributed by atoms with van der Waals surface area (Å²) in [6, 6.07) is 10.4. The van der Waals surface area contributed by atoms with Crippen LogP contribution in [0.3, 0.4) is 0 Å². The fraction of sp³-hybridized carbons (Fsp3) is 0.562. The average molecular weight is 327 g/mol. The zero-order chi connectivity index (χ0) is 15.1. The van der Waals surface area contributed by atoms with Crippen LogP contribution in [0.1, 0.15) is 19.8 Å². The Labute approximate surface area is 135 Å². The van der Waals surface area contributed by atoms with Crippen molar-refractivity contribution in [2.45, 2.75) is 24.1 Å². The second-order valence-electron chi connectivity index (χ2n) is 6.36. The maximum atomic E-state index is 12.2. The Morgan fingerprint density at radius 3 is 2.67 bits per heavy atom. The number of nitrogens with zero attached hydrogens (tertiary/aromatic N) is 1. The number of nitrogens with one attached hydrogen (secondary N) is 1. The Balaban J connectivity index is 1.49. The van der Waals surface area contributed by atoms with E-state index in [1.807, 2.05) is 13.0 Å². The molecule has 0 aromatic heterocycles. The predicted octanol–water partition coefficient (Wildman–Crippen LogP) is 3.21. The van der Waals surface area contributed by atoms with E-state index in [1.54, 1.807) is 0 Å². The van der Waals surface area contributed by atoms with Crippen LogP contribution < -0.4 is 10.2 Å². The standard InChI is InChI=1S/C16H20Cl2N2O/c1-15(11-16(15,17)18)14(21)19-9-12-7-8-20(10-12)13-5-3-2-4-6-13/h2-6,12H,7-11H2,1H3,(H,19,21)/t12-,15-/m1/s1. The Kier molecular flexibility index (Phi) is 3.83. The maximum Gasteiger partial charge on any atom is 0.229 e. The second kappa shape index (κ2) is 5.36. The van der Waals surface area contributed by atoms with E-state index >= 15 is 0 Å². The number of alkyl halides is 2. The molecule has 0 radical (unpaired) electrons. The summed E-state index contributed by atoms with van der Waals surface area (Å²) in [4.78, 5) is 14.5. The van der Waals surface area contributed by atoms with Crippen LogP contribution >= 0.6 is 23.2 Å². The van der Waals surface area contributed by atoms with Crippen molar-refractivity contribution in [3.8, 4) is 0 Å². The molecule has 3 rings (SSSR count). The van der Waals surface area contributed by atoms with E-state index in [-0.39, 0.29) is 5.91 Å². The first kappa shape index (κ1) is 15.0. The third kappa shape index (κ3) is 2.86. The molecular formula is C16H20Cl2N2O. The molecule has 1 heterocycles. The minimum absolute atomic E-state index is 0.0225. The number of para-hydroxylation sites is 1. The van der Waals surface area contributed by atoms with Crippen LogP contribution in [0.5, 0.6) is 0 Å². The van der Waals surface area contributed by atoms with Gasteiger partial charge in [0.05, 0.1) is 5.41 Å². The first-order chi connectivity index (χ1) is 9.92. The van der Waals surface area contributed by atoms with Crippen molar-refractivity contribution in [2.24, 2.45) is 11.3 Å². The van der Waals surface area contributed by atoms with E-state index in [0.717, 1.165) is 19.5 Å². The number of anilines is 1. The van der Waals surface area contributed by atoms with Crippen LogP contribution in [0.25, 0.3) is 0 Å². The highest BCUT2D eigenvalue weighted by molar-refractivity contribution is 6.53. The van der Waals surface area contributed by atoms with Gasteiger partial charge in [0.1, 0.15) is 4.33 Å². The molecule has 2 atom stereocenters. The molecule has 1 aliphatic carbocycles. The van der Waals surface area contributed by atoms with Crippen LogP contribution in [-0.2, 0) is 4.79 Å². The van der Waals surface area contributed by atoms with Crippen LogP contribution in [-0.4, -0.2) is 29.9 Å². The molecule has 0 unspecified atom stereocenters. The van der Waals surface area contributed by atoms with Crippen LogP contribution in [0.4, 0.5) is 5.69 Å².